The van der Waals surface area contributed by atoms with Crippen molar-refractivity contribution in [3.63, 3.8) is 0 Å². The molecule has 28 heavy (non-hydrogen) atoms. The summed E-state index contributed by atoms with van der Waals surface area (Å²) in [6, 6.07) is 12.7. The zero-order chi connectivity index (χ0) is 19.7. The van der Waals surface area contributed by atoms with Crippen LogP contribution in [0.5, 0.6) is 5.75 Å². The Morgan fingerprint density at radius 2 is 1.96 bits per heavy atom. The van der Waals surface area contributed by atoms with Gasteiger partial charge in [0.25, 0.3) is 0 Å². The minimum atomic E-state index is -0.326. The number of para-hydroxylation sites is 1. The van der Waals surface area contributed by atoms with E-state index in [9.17, 15) is 4.79 Å². The fraction of sp³-hybridized carbons (Fsp3) is 0.238. The summed E-state index contributed by atoms with van der Waals surface area (Å²) in [5.41, 5.74) is 3.38. The summed E-state index contributed by atoms with van der Waals surface area (Å²) < 4.78 is 6.08. The van der Waals surface area contributed by atoms with Crippen molar-refractivity contribution >= 4 is 46.3 Å². The Hall–Kier alpha value is -2.08. The molecule has 0 amide bonds. The van der Waals surface area contributed by atoms with E-state index in [0.29, 0.717) is 33.9 Å². The maximum absolute atomic E-state index is 12.6. The lowest BCUT2D eigenvalue weighted by Gasteiger charge is -2.34. The Bertz CT molecular complexity index is 990. The van der Waals surface area contributed by atoms with Gasteiger partial charge in [0, 0.05) is 38.9 Å². The van der Waals surface area contributed by atoms with Crippen molar-refractivity contribution in [2.45, 2.75) is 31.9 Å². The molecule has 2 N–H and O–H groups in total. The molecular weight excluding hydrogens is 415 g/mol. The van der Waals surface area contributed by atoms with Crippen LogP contribution in [-0.2, 0) is 11.4 Å². The highest BCUT2D eigenvalue weighted by atomic mass is 35.5. The fourth-order valence-electron chi connectivity index (χ4n) is 3.58. The van der Waals surface area contributed by atoms with E-state index in [1.165, 1.54) is 0 Å². The van der Waals surface area contributed by atoms with Crippen LogP contribution in [-0.4, -0.2) is 10.9 Å². The Labute approximate surface area is 178 Å². The van der Waals surface area contributed by atoms with Gasteiger partial charge in [-0.2, -0.15) is 0 Å². The number of halogens is 2. The molecule has 1 heterocycles. The van der Waals surface area contributed by atoms with Gasteiger partial charge in [-0.3, -0.25) is 4.79 Å². The molecule has 4 rings (SSSR count). The normalized spacial score (nSPS) is 19.0. The SMILES string of the molecule is O=C1CCCC2=C1C(c1ccccc1OCc1ccc(Cl)cc1Cl)NC(=S)N2. The van der Waals surface area contributed by atoms with Gasteiger partial charge < -0.3 is 15.4 Å². The number of ketones is 1. The number of allylic oxidation sites excluding steroid dienone is 1. The molecule has 1 atom stereocenters. The number of carbonyl (C=O) groups excluding carboxylic acids is 1. The summed E-state index contributed by atoms with van der Waals surface area (Å²) >= 11 is 17.6. The first kappa shape index (κ1) is 19.2. The van der Waals surface area contributed by atoms with Gasteiger partial charge in [0.15, 0.2) is 10.9 Å². The zero-order valence-electron chi connectivity index (χ0n) is 14.9. The molecule has 2 aromatic rings. The molecule has 144 valence electrons. The van der Waals surface area contributed by atoms with E-state index in [1.54, 1.807) is 12.1 Å². The third-order valence-corrected chi connectivity index (χ3v) is 5.72. The Morgan fingerprint density at radius 1 is 1.14 bits per heavy atom. The molecule has 0 spiro atoms. The van der Waals surface area contributed by atoms with Crippen LogP contribution in [0.15, 0.2) is 53.7 Å². The quantitative estimate of drug-likeness (QED) is 0.658. The first-order valence-electron chi connectivity index (χ1n) is 9.02. The highest BCUT2D eigenvalue weighted by Gasteiger charge is 2.34. The van der Waals surface area contributed by atoms with Gasteiger partial charge in [0.1, 0.15) is 12.4 Å². The first-order chi connectivity index (χ1) is 13.5. The second-order valence-electron chi connectivity index (χ2n) is 6.76. The topological polar surface area (TPSA) is 50.4 Å². The average molecular weight is 433 g/mol. The van der Waals surface area contributed by atoms with Crippen molar-refractivity contribution in [3.05, 3.63) is 74.9 Å². The van der Waals surface area contributed by atoms with Crippen LogP contribution in [0.4, 0.5) is 0 Å². The van der Waals surface area contributed by atoms with E-state index in [2.05, 4.69) is 10.6 Å². The second kappa shape index (κ2) is 8.11. The van der Waals surface area contributed by atoms with Crippen molar-refractivity contribution < 1.29 is 9.53 Å². The van der Waals surface area contributed by atoms with Crippen LogP contribution in [0.3, 0.4) is 0 Å². The molecule has 0 radical (unpaired) electrons. The number of nitrogens with one attached hydrogen (secondary N) is 2. The van der Waals surface area contributed by atoms with Crippen LogP contribution in [0.1, 0.15) is 36.4 Å². The molecule has 0 bridgehead atoms. The molecule has 0 saturated heterocycles. The Kier molecular flexibility index (Phi) is 5.58. The van der Waals surface area contributed by atoms with Gasteiger partial charge in [-0.1, -0.05) is 47.5 Å². The predicted octanol–water partition coefficient (Wildman–Crippen LogP) is 5.10. The minimum Gasteiger partial charge on any atom is -0.488 e. The van der Waals surface area contributed by atoms with Gasteiger partial charge in [-0.05, 0) is 43.3 Å². The standard InChI is InChI=1S/C21H18Cl2N2O2S/c22-13-9-8-12(15(23)10-13)11-27-18-7-2-1-4-14(18)20-19-16(24-21(28)25-20)5-3-6-17(19)26/h1-2,4,7-10,20H,3,5-6,11H2,(H2,24,25,28). The average Bonchev–Trinajstić information content (AvgIpc) is 2.67. The maximum atomic E-state index is 12.6. The number of hydrogen-bond acceptors (Lipinski definition) is 3. The summed E-state index contributed by atoms with van der Waals surface area (Å²) in [5, 5.41) is 8.04. The van der Waals surface area contributed by atoms with E-state index >= 15 is 0 Å². The molecule has 1 unspecified atom stereocenters. The second-order valence-corrected chi connectivity index (χ2v) is 8.01. The molecule has 2 aromatic carbocycles. The van der Waals surface area contributed by atoms with Crippen molar-refractivity contribution in [3.8, 4) is 5.75 Å². The van der Waals surface area contributed by atoms with E-state index in [0.717, 1.165) is 35.2 Å². The third kappa shape index (κ3) is 3.88. The third-order valence-electron chi connectivity index (χ3n) is 4.91. The van der Waals surface area contributed by atoms with Gasteiger partial charge in [-0.25, -0.2) is 0 Å². The summed E-state index contributed by atoms with van der Waals surface area (Å²) in [6.45, 7) is 0.294. The van der Waals surface area contributed by atoms with E-state index in [4.69, 9.17) is 40.2 Å². The molecular formula is C21H18Cl2N2O2S. The molecule has 0 fully saturated rings. The van der Waals surface area contributed by atoms with Gasteiger partial charge in [-0.15, -0.1) is 0 Å². The van der Waals surface area contributed by atoms with Crippen molar-refractivity contribution in [2.24, 2.45) is 0 Å². The van der Waals surface area contributed by atoms with Crippen molar-refractivity contribution in [1.29, 1.82) is 0 Å². The van der Waals surface area contributed by atoms with Crippen molar-refractivity contribution in [2.75, 3.05) is 0 Å². The molecule has 7 heteroatoms. The predicted molar refractivity (Wildman–Crippen MR) is 115 cm³/mol. The lowest BCUT2D eigenvalue weighted by Crippen LogP contribution is -2.46. The number of ether oxygens (including phenoxy) is 1. The molecule has 1 aliphatic heterocycles. The van der Waals surface area contributed by atoms with E-state index in [1.807, 2.05) is 30.3 Å². The van der Waals surface area contributed by atoms with Crippen LogP contribution in [0, 0.1) is 0 Å². The number of Topliss-reactive ketones (excluding diaryl/α,β-unsaturated/α-hetero) is 1. The summed E-state index contributed by atoms with van der Waals surface area (Å²) in [6.07, 6.45) is 2.21. The van der Waals surface area contributed by atoms with Crippen LogP contribution in [0.25, 0.3) is 0 Å². The summed E-state index contributed by atoms with van der Waals surface area (Å²) in [5.74, 6) is 0.824. The molecule has 0 saturated carbocycles. The van der Waals surface area contributed by atoms with Crippen LogP contribution < -0.4 is 15.4 Å². The van der Waals surface area contributed by atoms with Gasteiger partial charge >= 0.3 is 0 Å². The van der Waals surface area contributed by atoms with E-state index < -0.39 is 0 Å². The molecule has 0 aromatic heterocycles. The Morgan fingerprint density at radius 3 is 2.79 bits per heavy atom. The zero-order valence-corrected chi connectivity index (χ0v) is 17.3. The number of carbonyl (C=O) groups is 1. The highest BCUT2D eigenvalue weighted by molar-refractivity contribution is 7.80. The smallest absolute Gasteiger partial charge is 0.171 e. The maximum Gasteiger partial charge on any atom is 0.171 e. The number of hydrogen-bond donors (Lipinski definition) is 2. The van der Waals surface area contributed by atoms with Gasteiger partial charge in [0.05, 0.1) is 6.04 Å². The largest absolute Gasteiger partial charge is 0.488 e. The molecule has 2 aliphatic rings. The van der Waals surface area contributed by atoms with Crippen molar-refractivity contribution in [1.82, 2.24) is 10.6 Å². The number of benzene rings is 2. The fourth-order valence-corrected chi connectivity index (χ4v) is 4.29. The van der Waals surface area contributed by atoms with Crippen LogP contribution in [0.2, 0.25) is 10.0 Å². The molecule has 4 nitrogen and oxygen atoms in total. The molecule has 1 aliphatic carbocycles. The van der Waals surface area contributed by atoms with Crippen LogP contribution >= 0.6 is 35.4 Å². The van der Waals surface area contributed by atoms with Gasteiger partial charge in [0.2, 0.25) is 0 Å². The first-order valence-corrected chi connectivity index (χ1v) is 10.2. The van der Waals surface area contributed by atoms with E-state index in [-0.39, 0.29) is 11.8 Å². The lowest BCUT2D eigenvalue weighted by atomic mass is 9.85. The summed E-state index contributed by atoms with van der Waals surface area (Å²) in [4.78, 5) is 12.6. The summed E-state index contributed by atoms with van der Waals surface area (Å²) in [7, 11) is 0. The number of rotatable bonds is 4. The highest BCUT2D eigenvalue weighted by Crippen LogP contribution is 2.37. The Balaban J connectivity index is 1.65. The number of thiocarbonyl (C=S) groups is 1. The minimum absolute atomic E-state index is 0.143. The monoisotopic (exact) mass is 432 g/mol. The lowest BCUT2D eigenvalue weighted by molar-refractivity contribution is -0.116.